The summed E-state index contributed by atoms with van der Waals surface area (Å²) in [6.45, 7) is 7.30. The number of anilines is 1. The number of aliphatic hydroxyl groups is 1. The third kappa shape index (κ3) is 8.04. The first kappa shape index (κ1) is 31.6. The molecule has 0 saturated carbocycles. The Balaban J connectivity index is 1.30. The van der Waals surface area contributed by atoms with Crippen molar-refractivity contribution in [3.8, 4) is 11.5 Å². The number of aromatic nitrogens is 1. The number of hydrogen-bond acceptors (Lipinski definition) is 9. The van der Waals surface area contributed by atoms with Gasteiger partial charge in [0.15, 0.2) is 17.1 Å². The highest BCUT2D eigenvalue weighted by molar-refractivity contribution is 5.97. The van der Waals surface area contributed by atoms with E-state index in [1.807, 2.05) is 63.1 Å². The first-order valence-electron chi connectivity index (χ1n) is 15.1. The van der Waals surface area contributed by atoms with E-state index in [1.54, 1.807) is 41.3 Å². The van der Waals surface area contributed by atoms with Crippen molar-refractivity contribution >= 4 is 29.1 Å². The van der Waals surface area contributed by atoms with Gasteiger partial charge in [-0.05, 0) is 60.7 Å². The van der Waals surface area contributed by atoms with Crippen LogP contribution in [0.3, 0.4) is 0 Å². The average Bonchev–Trinajstić information content (AvgIpc) is 3.69. The average molecular weight is 617 g/mol. The molecule has 1 aliphatic rings. The predicted molar refractivity (Wildman–Crippen MR) is 170 cm³/mol. The van der Waals surface area contributed by atoms with Gasteiger partial charge in [0.1, 0.15) is 12.1 Å². The smallest absolute Gasteiger partial charge is 0.407 e. The summed E-state index contributed by atoms with van der Waals surface area (Å²) in [5.74, 6) is 1.12. The highest BCUT2D eigenvalue weighted by Gasteiger charge is 2.28. The molecule has 11 nitrogen and oxygen atoms in total. The van der Waals surface area contributed by atoms with Gasteiger partial charge in [-0.25, -0.2) is 4.79 Å². The number of nitrogens with one attached hydrogen (secondary N) is 1. The van der Waals surface area contributed by atoms with Gasteiger partial charge in [0, 0.05) is 32.2 Å². The third-order valence-electron chi connectivity index (χ3n) is 7.58. The largest absolute Gasteiger partial charge is 0.454 e. The molecule has 0 radical (unpaired) electrons. The van der Waals surface area contributed by atoms with Crippen molar-refractivity contribution in [2.45, 2.75) is 45.9 Å². The molecular weight excluding hydrogens is 576 g/mol. The lowest BCUT2D eigenvalue weighted by atomic mass is 10.00. The van der Waals surface area contributed by atoms with Crippen LogP contribution < -0.4 is 19.7 Å². The lowest BCUT2D eigenvalue weighted by Crippen LogP contribution is -2.51. The minimum absolute atomic E-state index is 0.00474. The van der Waals surface area contributed by atoms with E-state index in [0.717, 1.165) is 17.7 Å². The fourth-order valence-corrected chi connectivity index (χ4v) is 5.08. The van der Waals surface area contributed by atoms with Gasteiger partial charge >= 0.3 is 6.09 Å². The molecule has 11 heteroatoms. The normalized spacial score (nSPS) is 13.5. The molecular formula is C34H40N4O7. The van der Waals surface area contributed by atoms with Gasteiger partial charge in [-0.15, -0.1) is 0 Å². The number of carbonyl (C=O) groups excluding carboxylic acids is 2. The number of hydrogen-bond donors (Lipinski definition) is 2. The maximum Gasteiger partial charge on any atom is 0.407 e. The first-order valence-corrected chi connectivity index (χ1v) is 15.1. The molecule has 3 aromatic carbocycles. The molecule has 1 aliphatic heterocycles. The summed E-state index contributed by atoms with van der Waals surface area (Å²) in [4.78, 5) is 34.8. The van der Waals surface area contributed by atoms with E-state index < -0.39 is 18.2 Å². The third-order valence-corrected chi connectivity index (χ3v) is 7.58. The van der Waals surface area contributed by atoms with Crippen LogP contribution in [0.4, 0.5) is 10.8 Å². The van der Waals surface area contributed by atoms with Gasteiger partial charge in [-0.2, -0.15) is 4.98 Å². The molecule has 2 heterocycles. The Kier molecular flexibility index (Phi) is 10.1. The number of fused-ring (bicyclic) bond motifs is 2. The van der Waals surface area contributed by atoms with Crippen LogP contribution in [0.25, 0.3) is 11.1 Å². The Morgan fingerprint density at radius 3 is 2.53 bits per heavy atom. The maximum absolute atomic E-state index is 13.8. The number of rotatable bonds is 13. The Bertz CT molecular complexity index is 1610. The molecule has 0 spiro atoms. The molecule has 0 aliphatic carbocycles. The Labute approximate surface area is 262 Å². The van der Waals surface area contributed by atoms with Crippen LogP contribution in [0.5, 0.6) is 11.5 Å². The Morgan fingerprint density at radius 2 is 1.78 bits per heavy atom. The van der Waals surface area contributed by atoms with Crippen LogP contribution in [0.2, 0.25) is 0 Å². The van der Waals surface area contributed by atoms with Crippen molar-refractivity contribution in [3.05, 3.63) is 83.4 Å². The van der Waals surface area contributed by atoms with Crippen LogP contribution in [0.15, 0.2) is 71.1 Å². The van der Waals surface area contributed by atoms with Crippen LogP contribution in [0.1, 0.15) is 42.3 Å². The lowest BCUT2D eigenvalue weighted by molar-refractivity contribution is 0.0493. The van der Waals surface area contributed by atoms with E-state index >= 15 is 0 Å². The summed E-state index contributed by atoms with van der Waals surface area (Å²) in [6.07, 6.45) is -1.44. The predicted octanol–water partition coefficient (Wildman–Crippen LogP) is 5.01. The van der Waals surface area contributed by atoms with E-state index in [-0.39, 0.29) is 31.8 Å². The second kappa shape index (κ2) is 14.3. The van der Waals surface area contributed by atoms with Crippen LogP contribution in [-0.4, -0.2) is 72.6 Å². The maximum atomic E-state index is 13.8. The molecule has 0 bridgehead atoms. The first-order chi connectivity index (χ1) is 21.7. The molecule has 5 rings (SSSR count). The zero-order chi connectivity index (χ0) is 31.9. The van der Waals surface area contributed by atoms with Gasteiger partial charge in [-0.1, -0.05) is 50.2 Å². The highest BCUT2D eigenvalue weighted by Crippen LogP contribution is 2.32. The number of amides is 2. The van der Waals surface area contributed by atoms with Crippen LogP contribution in [-0.2, 0) is 17.8 Å². The molecule has 45 heavy (non-hydrogen) atoms. The van der Waals surface area contributed by atoms with E-state index in [9.17, 15) is 14.7 Å². The van der Waals surface area contributed by atoms with Crippen molar-refractivity contribution in [1.82, 2.24) is 15.2 Å². The SMILES string of the molecule is CCN(C)c1nc2ccc(C(=O)N(CC(C)C)C[C@@H](O)[C@H](Cc3ccccc3)NC(=O)OCc3ccc4c(c3)OCO4)cc2o1. The summed E-state index contributed by atoms with van der Waals surface area (Å²) in [6, 6.07) is 19.8. The molecule has 1 aromatic heterocycles. The van der Waals surface area contributed by atoms with Crippen molar-refractivity contribution < 1.29 is 33.3 Å². The number of alkyl carbamates (subject to hydrolysis) is 1. The molecule has 0 unspecified atom stereocenters. The van der Waals surface area contributed by atoms with Gasteiger partial charge in [0.2, 0.25) is 6.79 Å². The zero-order valence-corrected chi connectivity index (χ0v) is 26.1. The van der Waals surface area contributed by atoms with E-state index in [4.69, 9.17) is 18.6 Å². The Hall–Kier alpha value is -4.77. The lowest BCUT2D eigenvalue weighted by Gasteiger charge is -2.31. The van der Waals surface area contributed by atoms with Crippen LogP contribution in [0, 0.1) is 5.92 Å². The monoisotopic (exact) mass is 616 g/mol. The topological polar surface area (TPSA) is 127 Å². The second-order valence-electron chi connectivity index (χ2n) is 11.6. The summed E-state index contributed by atoms with van der Waals surface area (Å²) >= 11 is 0. The second-order valence-corrected chi connectivity index (χ2v) is 11.6. The summed E-state index contributed by atoms with van der Waals surface area (Å²) < 4.78 is 22.1. The summed E-state index contributed by atoms with van der Waals surface area (Å²) in [5, 5.41) is 14.4. The van der Waals surface area contributed by atoms with E-state index in [0.29, 0.717) is 47.1 Å². The molecule has 4 aromatic rings. The number of oxazole rings is 1. The van der Waals surface area contributed by atoms with E-state index in [2.05, 4.69) is 10.3 Å². The van der Waals surface area contributed by atoms with Crippen molar-refractivity contribution in [2.24, 2.45) is 5.92 Å². The minimum atomic E-state index is -1.09. The number of ether oxygens (including phenoxy) is 3. The van der Waals surface area contributed by atoms with Crippen molar-refractivity contribution in [2.75, 3.05) is 38.4 Å². The molecule has 238 valence electrons. The minimum Gasteiger partial charge on any atom is -0.454 e. The molecule has 2 amide bonds. The zero-order valence-electron chi connectivity index (χ0n) is 26.1. The Morgan fingerprint density at radius 1 is 1.00 bits per heavy atom. The molecule has 0 saturated heterocycles. The van der Waals surface area contributed by atoms with Crippen molar-refractivity contribution in [1.29, 1.82) is 0 Å². The summed E-state index contributed by atoms with van der Waals surface area (Å²) in [7, 11) is 1.88. The fourth-order valence-electron chi connectivity index (χ4n) is 5.08. The van der Waals surface area contributed by atoms with Gasteiger partial charge in [0.25, 0.3) is 11.9 Å². The van der Waals surface area contributed by atoms with Crippen molar-refractivity contribution in [3.63, 3.8) is 0 Å². The van der Waals surface area contributed by atoms with Gasteiger partial charge in [0.05, 0.1) is 12.1 Å². The van der Waals surface area contributed by atoms with Crippen LogP contribution >= 0.6 is 0 Å². The quantitative estimate of drug-likeness (QED) is 0.213. The number of carbonyl (C=O) groups is 2. The fraction of sp³-hybridized carbons (Fsp3) is 0.382. The molecule has 2 N–H and O–H groups in total. The number of benzene rings is 3. The van der Waals surface area contributed by atoms with Gasteiger partial charge in [-0.3, -0.25) is 4.79 Å². The van der Waals surface area contributed by atoms with E-state index in [1.165, 1.54) is 0 Å². The standard InChI is InChI=1S/C34H40N4O7/c1-5-37(4)33-35-26-13-12-25(17-30(26)45-33)32(40)38(18-22(2)3)19-28(39)27(15-23-9-7-6-8-10-23)36-34(41)42-20-24-11-14-29-31(16-24)44-21-43-29/h6-14,16-17,22,27-28,39H,5,15,18-21H2,1-4H3,(H,36,41)/t27-,28+/m0/s1. The highest BCUT2D eigenvalue weighted by atomic mass is 16.7. The molecule has 0 fully saturated rings. The van der Waals surface area contributed by atoms with Gasteiger partial charge < -0.3 is 38.9 Å². The number of nitrogens with zero attached hydrogens (tertiary/aromatic N) is 3. The molecule has 2 atom stereocenters. The number of aliphatic hydroxyl groups excluding tert-OH is 1. The summed E-state index contributed by atoms with van der Waals surface area (Å²) in [5.41, 5.74) is 3.25.